The molecule has 12 heteroatoms. The molecular weight excluding hydrogens is 665 g/mol. The van der Waals surface area contributed by atoms with E-state index in [1.54, 1.807) is 25.3 Å². The zero-order valence-electron chi connectivity index (χ0n) is 29.3. The number of fused-ring (bicyclic) bond motifs is 3. The van der Waals surface area contributed by atoms with E-state index in [1.165, 1.54) is 12.3 Å². The van der Waals surface area contributed by atoms with Crippen molar-refractivity contribution in [2.45, 2.75) is 45.4 Å². The summed E-state index contributed by atoms with van der Waals surface area (Å²) >= 11 is 0. The number of amides is 2. The molecular formula is C40H40FN5O6. The molecule has 1 aromatic heterocycles. The maximum Gasteiger partial charge on any atom is 0.407 e. The van der Waals surface area contributed by atoms with Gasteiger partial charge in [0, 0.05) is 44.6 Å². The van der Waals surface area contributed by atoms with Crippen LogP contribution in [0.25, 0.3) is 27.4 Å². The first kappa shape index (κ1) is 33.5. The second kappa shape index (κ2) is 13.2. The number of ether oxygens (including phenoxy) is 3. The minimum absolute atomic E-state index is 0.0269. The fourth-order valence-corrected chi connectivity index (χ4v) is 7.35. The van der Waals surface area contributed by atoms with Crippen LogP contribution >= 0.6 is 0 Å². The number of nitrogens with zero attached hydrogens (tertiary/aromatic N) is 3. The lowest BCUT2D eigenvalue weighted by atomic mass is 10.0. The maximum atomic E-state index is 16.4. The van der Waals surface area contributed by atoms with Crippen molar-refractivity contribution in [1.82, 2.24) is 15.2 Å². The van der Waals surface area contributed by atoms with Gasteiger partial charge in [-0.3, -0.25) is 9.59 Å². The van der Waals surface area contributed by atoms with Gasteiger partial charge in [0.1, 0.15) is 22.4 Å². The van der Waals surface area contributed by atoms with E-state index < -0.39 is 28.8 Å². The average molecular weight is 706 g/mol. The Kier molecular flexibility index (Phi) is 8.49. The van der Waals surface area contributed by atoms with Crippen molar-refractivity contribution in [3.63, 3.8) is 0 Å². The predicted molar refractivity (Wildman–Crippen MR) is 198 cm³/mol. The van der Waals surface area contributed by atoms with E-state index in [9.17, 15) is 14.4 Å². The Morgan fingerprint density at radius 3 is 2.44 bits per heavy atom. The van der Waals surface area contributed by atoms with Gasteiger partial charge in [0.2, 0.25) is 5.43 Å². The molecule has 268 valence electrons. The van der Waals surface area contributed by atoms with Crippen LogP contribution in [0.5, 0.6) is 11.5 Å². The Labute approximate surface area is 299 Å². The van der Waals surface area contributed by atoms with Gasteiger partial charge in [0.25, 0.3) is 5.91 Å². The molecule has 8 rings (SSSR count). The summed E-state index contributed by atoms with van der Waals surface area (Å²) in [5.74, 6) is -0.594. The third-order valence-electron chi connectivity index (χ3n) is 9.72. The van der Waals surface area contributed by atoms with Gasteiger partial charge in [-0.2, -0.15) is 0 Å². The number of carbonyl (C=O) groups excluding carboxylic acids is 2. The second-order valence-electron chi connectivity index (χ2n) is 14.4. The molecule has 2 saturated heterocycles. The van der Waals surface area contributed by atoms with E-state index in [-0.39, 0.29) is 35.0 Å². The van der Waals surface area contributed by atoms with Crippen molar-refractivity contribution >= 4 is 45.1 Å². The monoisotopic (exact) mass is 705 g/mol. The summed E-state index contributed by atoms with van der Waals surface area (Å²) in [6.45, 7) is 9.04. The first-order chi connectivity index (χ1) is 25.0. The molecule has 2 fully saturated rings. The fraction of sp³-hybridized carbons (Fsp3) is 0.325. The molecule has 2 amide bonds. The van der Waals surface area contributed by atoms with Gasteiger partial charge in [0.15, 0.2) is 17.3 Å². The summed E-state index contributed by atoms with van der Waals surface area (Å²) in [5, 5.41) is 7.72. The van der Waals surface area contributed by atoms with Crippen LogP contribution in [0, 0.1) is 5.82 Å². The Morgan fingerprint density at radius 1 is 0.942 bits per heavy atom. The lowest BCUT2D eigenvalue weighted by Crippen LogP contribution is -2.40. The number of nitrogens with one attached hydrogen (secondary N) is 2. The number of para-hydroxylation sites is 1. The van der Waals surface area contributed by atoms with Gasteiger partial charge in [-0.15, -0.1) is 0 Å². The third kappa shape index (κ3) is 6.27. The normalized spacial score (nSPS) is 16.8. The van der Waals surface area contributed by atoms with E-state index in [2.05, 4.69) is 15.5 Å². The molecule has 52 heavy (non-hydrogen) atoms. The van der Waals surface area contributed by atoms with Gasteiger partial charge in [-0.25, -0.2) is 9.18 Å². The summed E-state index contributed by atoms with van der Waals surface area (Å²) in [6.07, 6.45) is 1.55. The largest absolute Gasteiger partial charge is 0.451 e. The number of alkyl carbamates (subject to hydrolysis) is 1. The fourth-order valence-electron chi connectivity index (χ4n) is 7.35. The van der Waals surface area contributed by atoms with E-state index in [0.29, 0.717) is 49.7 Å². The van der Waals surface area contributed by atoms with Crippen molar-refractivity contribution in [1.29, 1.82) is 0 Å². The molecule has 4 heterocycles. The number of benzene rings is 4. The van der Waals surface area contributed by atoms with E-state index in [1.807, 2.05) is 65.6 Å². The molecule has 4 aromatic carbocycles. The minimum atomic E-state index is -0.662. The quantitative estimate of drug-likeness (QED) is 0.209. The van der Waals surface area contributed by atoms with Crippen LogP contribution < -0.4 is 30.6 Å². The van der Waals surface area contributed by atoms with Crippen molar-refractivity contribution in [2.75, 3.05) is 49.2 Å². The molecule has 0 radical (unpaired) electrons. The number of carbonyl (C=O) groups is 2. The summed E-state index contributed by atoms with van der Waals surface area (Å²) in [6, 6.07) is 20.4. The van der Waals surface area contributed by atoms with Crippen LogP contribution in [0.1, 0.15) is 43.1 Å². The highest BCUT2D eigenvalue weighted by atomic mass is 19.1. The number of hydrogen-bond acceptors (Lipinski definition) is 8. The van der Waals surface area contributed by atoms with Gasteiger partial charge in [-0.05, 0) is 67.8 Å². The number of aromatic nitrogens is 1. The zero-order chi connectivity index (χ0) is 36.1. The topological polar surface area (TPSA) is 114 Å². The molecule has 3 aliphatic rings. The Morgan fingerprint density at radius 2 is 1.67 bits per heavy atom. The molecule has 3 aliphatic heterocycles. The molecule has 2 N–H and O–H groups in total. The highest BCUT2D eigenvalue weighted by Crippen LogP contribution is 2.48. The van der Waals surface area contributed by atoms with Crippen molar-refractivity contribution in [3.05, 3.63) is 100 Å². The molecule has 1 unspecified atom stereocenters. The average Bonchev–Trinajstić information content (AvgIpc) is 3.57. The number of anilines is 2. The molecule has 11 nitrogen and oxygen atoms in total. The van der Waals surface area contributed by atoms with Crippen LogP contribution in [-0.2, 0) is 16.0 Å². The predicted octanol–water partition coefficient (Wildman–Crippen LogP) is 6.26. The van der Waals surface area contributed by atoms with Crippen LogP contribution in [0.2, 0.25) is 0 Å². The summed E-state index contributed by atoms with van der Waals surface area (Å²) in [7, 11) is 0. The molecule has 0 spiro atoms. The number of rotatable bonds is 6. The second-order valence-corrected chi connectivity index (χ2v) is 14.4. The van der Waals surface area contributed by atoms with Gasteiger partial charge in [-0.1, -0.05) is 42.5 Å². The van der Waals surface area contributed by atoms with E-state index in [0.717, 1.165) is 35.1 Å². The smallest absolute Gasteiger partial charge is 0.407 e. The first-order valence-electron chi connectivity index (χ1n) is 17.6. The molecule has 5 aromatic rings. The number of morpholine rings is 1. The van der Waals surface area contributed by atoms with E-state index >= 15 is 4.39 Å². The van der Waals surface area contributed by atoms with Crippen LogP contribution in [0.4, 0.5) is 20.6 Å². The highest BCUT2D eigenvalue weighted by molar-refractivity contribution is 6.02. The SMILES string of the molecule is CC(C)(C)OC(=O)NC1CCN(c2c(F)cc3c(=O)c(C(=O)NCc4ccccc4N4CCOCC4)cn4c3c2Oc2cc3ccccc3cc2-4)C1. The molecule has 0 aliphatic carbocycles. The van der Waals surface area contributed by atoms with E-state index in [4.69, 9.17) is 14.2 Å². The lowest BCUT2D eigenvalue weighted by Gasteiger charge is -2.30. The minimum Gasteiger partial charge on any atom is -0.451 e. The Hall–Kier alpha value is -5.62. The standard InChI is InChI=1S/C40H40FN5O6/c1-40(2,3)52-39(49)43-27-12-13-45(22-27)35-30(41)20-28-34-37(35)51-33-19-25-9-5-4-8-24(25)18-32(33)46(34)23-29(36(28)47)38(48)42-21-26-10-6-7-11-31(26)44-14-16-50-17-15-44/h4-11,18-20,23,27H,12-17,21-22H2,1-3H3,(H,42,48)(H,43,49). The lowest BCUT2D eigenvalue weighted by molar-refractivity contribution is 0.0508. The number of halogens is 1. The Bertz CT molecular complexity index is 2290. The molecule has 0 saturated carbocycles. The number of pyridine rings is 1. The van der Waals surface area contributed by atoms with Gasteiger partial charge < -0.3 is 39.2 Å². The first-order valence-corrected chi connectivity index (χ1v) is 17.6. The van der Waals surface area contributed by atoms with Gasteiger partial charge >= 0.3 is 6.09 Å². The van der Waals surface area contributed by atoms with Gasteiger partial charge in [0.05, 0.1) is 30.3 Å². The summed E-state index contributed by atoms with van der Waals surface area (Å²) in [5.41, 5.74) is 1.70. The Balaban J connectivity index is 1.18. The van der Waals surface area contributed by atoms with Crippen LogP contribution in [0.3, 0.4) is 0 Å². The van der Waals surface area contributed by atoms with Crippen molar-refractivity contribution < 1.29 is 28.2 Å². The van der Waals surface area contributed by atoms with Crippen LogP contribution in [0.15, 0.2) is 77.7 Å². The van der Waals surface area contributed by atoms with Crippen molar-refractivity contribution in [3.8, 4) is 17.2 Å². The molecule has 1 atom stereocenters. The maximum absolute atomic E-state index is 16.4. The summed E-state index contributed by atoms with van der Waals surface area (Å²) in [4.78, 5) is 44.6. The van der Waals surface area contributed by atoms with Crippen LogP contribution in [-0.4, -0.2) is 67.6 Å². The number of hydrogen-bond donors (Lipinski definition) is 2. The van der Waals surface area contributed by atoms with Crippen molar-refractivity contribution in [2.24, 2.45) is 0 Å². The summed E-state index contributed by atoms with van der Waals surface area (Å²) < 4.78 is 35.7. The highest BCUT2D eigenvalue weighted by Gasteiger charge is 2.34. The third-order valence-corrected chi connectivity index (χ3v) is 9.72. The molecule has 0 bridgehead atoms. The zero-order valence-corrected chi connectivity index (χ0v) is 29.3.